The molecule has 0 spiro atoms. The summed E-state index contributed by atoms with van der Waals surface area (Å²) in [6.45, 7) is 0. The van der Waals surface area contributed by atoms with Crippen molar-refractivity contribution in [1.82, 2.24) is 0 Å². The van der Waals surface area contributed by atoms with E-state index in [0.717, 1.165) is 0 Å². The molecule has 0 fully saturated rings. The zero-order chi connectivity index (χ0) is 19.1. The predicted octanol–water partition coefficient (Wildman–Crippen LogP) is 1.54. The average Bonchev–Trinajstić information content (AvgIpc) is 3.16. The van der Waals surface area contributed by atoms with Gasteiger partial charge in [-0.05, 0) is 23.3 Å². The lowest BCUT2D eigenvalue weighted by molar-refractivity contribution is -0.140. The van der Waals surface area contributed by atoms with Gasteiger partial charge in [0.2, 0.25) is 0 Å². The Bertz CT molecular complexity index is 867. The zero-order valence-corrected chi connectivity index (χ0v) is 14.7. The van der Waals surface area contributed by atoms with Crippen LogP contribution in [-0.4, -0.2) is 40.4 Å². The van der Waals surface area contributed by atoms with E-state index in [1.807, 2.05) is 6.07 Å². The maximum absolute atomic E-state index is 12.5. The van der Waals surface area contributed by atoms with Crippen LogP contribution in [0.2, 0.25) is 0 Å². The van der Waals surface area contributed by atoms with Crippen molar-refractivity contribution in [2.24, 2.45) is 0 Å². The summed E-state index contributed by atoms with van der Waals surface area (Å²) in [4.78, 5) is 24.8. The van der Waals surface area contributed by atoms with E-state index in [1.54, 1.807) is 12.1 Å². The van der Waals surface area contributed by atoms with E-state index in [-0.39, 0.29) is 17.6 Å². The minimum atomic E-state index is -1.43. The minimum absolute atomic E-state index is 0.0156. The van der Waals surface area contributed by atoms with Gasteiger partial charge in [0, 0.05) is 0 Å². The fraction of sp³-hybridized carbons (Fsp3) is 0.389. The molecule has 8 heteroatoms. The van der Waals surface area contributed by atoms with Crippen molar-refractivity contribution in [3.63, 3.8) is 0 Å². The summed E-state index contributed by atoms with van der Waals surface area (Å²) < 4.78 is 26.3. The highest BCUT2D eigenvalue weighted by atomic mass is 16.6. The van der Waals surface area contributed by atoms with E-state index in [1.165, 1.54) is 28.4 Å². The van der Waals surface area contributed by atoms with Gasteiger partial charge in [-0.15, -0.1) is 0 Å². The van der Waals surface area contributed by atoms with Gasteiger partial charge in [0.15, 0.2) is 11.5 Å². The first-order valence-electron chi connectivity index (χ1n) is 7.71. The fourth-order valence-electron chi connectivity index (χ4n) is 3.58. The smallest absolute Gasteiger partial charge is 0.337 e. The second kappa shape index (κ2) is 6.35. The molecule has 2 aliphatic rings. The lowest BCUT2D eigenvalue weighted by Gasteiger charge is -2.27. The first kappa shape index (κ1) is 17.8. The molecule has 0 aromatic heterocycles. The highest BCUT2D eigenvalue weighted by molar-refractivity contribution is 6.05. The van der Waals surface area contributed by atoms with Gasteiger partial charge in [0.05, 0.1) is 52.1 Å². The number of ether oxygens (including phenoxy) is 5. The number of hydrogen-bond donors (Lipinski definition) is 0. The number of hydrogen-bond acceptors (Lipinski definition) is 8. The summed E-state index contributed by atoms with van der Waals surface area (Å²) in [7, 11) is 5.38. The molecule has 1 aromatic rings. The molecular weight excluding hydrogens is 342 g/mol. The van der Waals surface area contributed by atoms with E-state index in [9.17, 15) is 14.9 Å². The molecule has 26 heavy (non-hydrogen) atoms. The second-order valence-corrected chi connectivity index (χ2v) is 5.73. The van der Waals surface area contributed by atoms with Crippen molar-refractivity contribution in [3.05, 3.63) is 34.4 Å². The molecule has 0 aliphatic carbocycles. The molecule has 0 radical (unpaired) electrons. The number of carbonyl (C=O) groups excluding carboxylic acids is 2. The number of carbonyl (C=O) groups is 2. The molecule has 1 aromatic carbocycles. The Balaban J connectivity index is 2.33. The number of nitrogens with zero attached hydrogens (tertiary/aromatic N) is 1. The van der Waals surface area contributed by atoms with Gasteiger partial charge in [-0.3, -0.25) is 0 Å². The summed E-state index contributed by atoms with van der Waals surface area (Å²) in [6.07, 6.45) is -1.05. The molecule has 0 saturated carbocycles. The van der Waals surface area contributed by atoms with Crippen LogP contribution in [0, 0.1) is 11.3 Å². The van der Waals surface area contributed by atoms with Gasteiger partial charge in [-0.1, -0.05) is 0 Å². The fourth-order valence-corrected chi connectivity index (χ4v) is 3.58. The number of nitriles is 1. The first-order valence-corrected chi connectivity index (χ1v) is 7.71. The molecule has 136 valence electrons. The van der Waals surface area contributed by atoms with Crippen molar-refractivity contribution in [1.29, 1.82) is 5.26 Å². The third-order valence-corrected chi connectivity index (χ3v) is 4.65. The van der Waals surface area contributed by atoms with Gasteiger partial charge < -0.3 is 23.7 Å². The summed E-state index contributed by atoms with van der Waals surface area (Å²) >= 11 is 0. The van der Waals surface area contributed by atoms with E-state index in [2.05, 4.69) is 0 Å². The summed E-state index contributed by atoms with van der Waals surface area (Å²) in [5.74, 6) is -0.596. The van der Waals surface area contributed by atoms with Crippen LogP contribution in [0.15, 0.2) is 23.3 Å². The Morgan fingerprint density at radius 1 is 1.12 bits per heavy atom. The standard InChI is InChI=1S/C18H17NO7/c1-22-11-7-9-10(8-12(11)23-2)18(5-6-19)14(17(21)25-4)13(15(9)26-18)16(20)24-3/h7-8,15H,5H2,1-4H3/t15-,18+/m0/s1. The average molecular weight is 359 g/mol. The van der Waals surface area contributed by atoms with Crippen LogP contribution in [0.25, 0.3) is 0 Å². The molecule has 3 rings (SSSR count). The van der Waals surface area contributed by atoms with E-state index in [4.69, 9.17) is 23.7 Å². The highest BCUT2D eigenvalue weighted by Gasteiger charge is 2.61. The molecule has 0 amide bonds. The molecule has 2 aliphatic heterocycles. The number of esters is 2. The Labute approximate surface area is 149 Å². The van der Waals surface area contributed by atoms with Gasteiger partial charge >= 0.3 is 11.9 Å². The number of methoxy groups -OCH3 is 4. The van der Waals surface area contributed by atoms with Crippen LogP contribution < -0.4 is 9.47 Å². The molecule has 0 unspecified atom stereocenters. The summed E-state index contributed by atoms with van der Waals surface area (Å²) in [5, 5.41) is 9.37. The van der Waals surface area contributed by atoms with Gasteiger partial charge in [0.25, 0.3) is 0 Å². The van der Waals surface area contributed by atoms with Crippen LogP contribution in [0.5, 0.6) is 11.5 Å². The zero-order valence-electron chi connectivity index (χ0n) is 14.7. The van der Waals surface area contributed by atoms with Crippen LogP contribution in [-0.2, 0) is 29.4 Å². The monoisotopic (exact) mass is 359 g/mol. The van der Waals surface area contributed by atoms with Gasteiger partial charge in [0.1, 0.15) is 11.7 Å². The third kappa shape index (κ3) is 2.17. The van der Waals surface area contributed by atoms with E-state index in [0.29, 0.717) is 22.6 Å². The molecular formula is C18H17NO7. The molecule has 0 saturated heterocycles. The van der Waals surface area contributed by atoms with Crippen molar-refractivity contribution >= 4 is 11.9 Å². The SMILES string of the molecule is COC(=O)C1=C(C(=O)OC)[C@]2(CC#N)O[C@H]1c1cc(OC)c(OC)cc12. The summed E-state index contributed by atoms with van der Waals surface area (Å²) in [6, 6.07) is 5.36. The number of benzene rings is 1. The number of fused-ring (bicyclic) bond motifs is 5. The van der Waals surface area contributed by atoms with Crippen LogP contribution in [0.1, 0.15) is 23.7 Å². The molecule has 8 nitrogen and oxygen atoms in total. The molecule has 2 heterocycles. The summed E-state index contributed by atoms with van der Waals surface area (Å²) in [5.41, 5.74) is -0.224. The van der Waals surface area contributed by atoms with Crippen LogP contribution in [0.3, 0.4) is 0 Å². The van der Waals surface area contributed by atoms with Gasteiger partial charge in [-0.2, -0.15) is 5.26 Å². The molecule has 2 bridgehead atoms. The van der Waals surface area contributed by atoms with Crippen molar-refractivity contribution in [2.45, 2.75) is 18.1 Å². The van der Waals surface area contributed by atoms with Gasteiger partial charge in [-0.25, -0.2) is 9.59 Å². The first-order chi connectivity index (χ1) is 12.5. The third-order valence-electron chi connectivity index (χ3n) is 4.65. The predicted molar refractivity (Wildman–Crippen MR) is 86.3 cm³/mol. The Hall–Kier alpha value is -3.05. The Kier molecular flexibility index (Phi) is 4.34. The molecule has 2 atom stereocenters. The van der Waals surface area contributed by atoms with Crippen molar-refractivity contribution < 1.29 is 33.3 Å². The van der Waals surface area contributed by atoms with Crippen molar-refractivity contribution in [3.8, 4) is 17.6 Å². The molecule has 0 N–H and O–H groups in total. The maximum Gasteiger partial charge on any atom is 0.337 e. The second-order valence-electron chi connectivity index (χ2n) is 5.73. The number of rotatable bonds is 5. The topological polar surface area (TPSA) is 104 Å². The lowest BCUT2D eigenvalue weighted by Crippen LogP contribution is -2.32. The Morgan fingerprint density at radius 3 is 2.27 bits per heavy atom. The minimum Gasteiger partial charge on any atom is -0.493 e. The van der Waals surface area contributed by atoms with E-state index >= 15 is 0 Å². The lowest BCUT2D eigenvalue weighted by atomic mass is 9.75. The van der Waals surface area contributed by atoms with Crippen molar-refractivity contribution in [2.75, 3.05) is 28.4 Å². The maximum atomic E-state index is 12.5. The van der Waals surface area contributed by atoms with E-state index < -0.39 is 23.6 Å². The largest absolute Gasteiger partial charge is 0.493 e. The van der Waals surface area contributed by atoms with Crippen LogP contribution >= 0.6 is 0 Å². The Morgan fingerprint density at radius 2 is 1.73 bits per heavy atom. The van der Waals surface area contributed by atoms with Crippen LogP contribution in [0.4, 0.5) is 0 Å². The normalized spacial score (nSPS) is 22.5. The highest BCUT2D eigenvalue weighted by Crippen LogP contribution is 2.61. The quantitative estimate of drug-likeness (QED) is 0.729.